The molecule has 2 aromatic carbocycles. The van der Waals surface area contributed by atoms with Crippen molar-refractivity contribution in [3.05, 3.63) is 69.7 Å². The van der Waals surface area contributed by atoms with E-state index < -0.39 is 18.0 Å². The maximum Gasteiger partial charge on any atom is 0.312 e. The van der Waals surface area contributed by atoms with E-state index in [1.54, 1.807) is 24.3 Å². The molecule has 1 atom stereocenters. The average molecular weight is 361 g/mol. The van der Waals surface area contributed by atoms with Gasteiger partial charge in [-0.05, 0) is 42.7 Å². The lowest BCUT2D eigenvalue weighted by Gasteiger charge is -2.17. The van der Waals surface area contributed by atoms with E-state index in [0.717, 1.165) is 22.3 Å². The number of esters is 1. The van der Waals surface area contributed by atoms with Gasteiger partial charge in [0, 0.05) is 5.02 Å². The molecule has 132 valence electrons. The second kappa shape index (κ2) is 8.53. The summed E-state index contributed by atoms with van der Waals surface area (Å²) in [4.78, 5) is 23.4. The highest BCUT2D eigenvalue weighted by molar-refractivity contribution is 6.30. The maximum absolute atomic E-state index is 12.2. The SMILES string of the molecule is Cc1ccc(C)c(COC(=O)C[C@@H](NC(N)=O)c2ccc(Cl)cc2)c1. The van der Waals surface area contributed by atoms with E-state index in [4.69, 9.17) is 22.1 Å². The van der Waals surface area contributed by atoms with Crippen LogP contribution < -0.4 is 11.1 Å². The molecule has 5 nitrogen and oxygen atoms in total. The van der Waals surface area contributed by atoms with E-state index in [9.17, 15) is 9.59 Å². The van der Waals surface area contributed by atoms with E-state index in [-0.39, 0.29) is 13.0 Å². The third-order valence-corrected chi connectivity index (χ3v) is 4.10. The van der Waals surface area contributed by atoms with Gasteiger partial charge in [-0.2, -0.15) is 0 Å². The van der Waals surface area contributed by atoms with Crippen molar-refractivity contribution in [2.75, 3.05) is 0 Å². The van der Waals surface area contributed by atoms with Gasteiger partial charge in [0.2, 0.25) is 0 Å². The lowest BCUT2D eigenvalue weighted by atomic mass is 10.0. The van der Waals surface area contributed by atoms with Gasteiger partial charge in [0.05, 0.1) is 12.5 Å². The molecule has 0 spiro atoms. The number of carbonyl (C=O) groups is 2. The first-order valence-corrected chi connectivity index (χ1v) is 8.26. The molecule has 0 radical (unpaired) electrons. The molecule has 6 heteroatoms. The number of hydrogen-bond donors (Lipinski definition) is 2. The van der Waals surface area contributed by atoms with Crippen LogP contribution in [0, 0.1) is 13.8 Å². The molecule has 0 heterocycles. The predicted octanol–water partition coefficient (Wildman–Crippen LogP) is 3.80. The molecule has 2 rings (SSSR count). The number of rotatable bonds is 6. The Morgan fingerprint density at radius 1 is 1.16 bits per heavy atom. The smallest absolute Gasteiger partial charge is 0.312 e. The standard InChI is InChI=1S/C19H21ClN2O3/c1-12-3-4-13(2)15(9-12)11-25-18(23)10-17(22-19(21)24)14-5-7-16(20)8-6-14/h3-9,17H,10-11H2,1-2H3,(H3,21,22,24)/t17-/m1/s1. The summed E-state index contributed by atoms with van der Waals surface area (Å²) in [7, 11) is 0. The molecule has 0 aromatic heterocycles. The van der Waals surface area contributed by atoms with E-state index in [2.05, 4.69) is 5.32 Å². The van der Waals surface area contributed by atoms with Gasteiger partial charge in [-0.25, -0.2) is 4.79 Å². The second-order valence-corrected chi connectivity index (χ2v) is 6.34. The van der Waals surface area contributed by atoms with Crippen LogP contribution in [0.4, 0.5) is 4.79 Å². The predicted molar refractivity (Wildman–Crippen MR) is 97.2 cm³/mol. The number of aryl methyl sites for hydroxylation is 2. The van der Waals surface area contributed by atoms with Crippen LogP contribution in [0.1, 0.15) is 34.7 Å². The molecule has 0 unspecified atom stereocenters. The Labute approximate surface area is 152 Å². The van der Waals surface area contributed by atoms with Gasteiger partial charge in [-0.1, -0.05) is 47.5 Å². The first-order valence-electron chi connectivity index (χ1n) is 7.88. The number of halogens is 1. The minimum Gasteiger partial charge on any atom is -0.461 e. The third kappa shape index (κ3) is 5.80. The van der Waals surface area contributed by atoms with Crippen molar-refractivity contribution in [1.82, 2.24) is 5.32 Å². The molecular weight excluding hydrogens is 340 g/mol. The molecule has 0 fully saturated rings. The molecule has 0 aliphatic heterocycles. The number of ether oxygens (including phenoxy) is 1. The van der Waals surface area contributed by atoms with E-state index in [0.29, 0.717) is 5.02 Å². The fourth-order valence-corrected chi connectivity index (χ4v) is 2.58. The molecular formula is C19H21ClN2O3. The molecule has 2 aromatic rings. The molecule has 0 saturated carbocycles. The number of amides is 2. The summed E-state index contributed by atoms with van der Waals surface area (Å²) in [6, 6.07) is 11.6. The van der Waals surface area contributed by atoms with Crippen LogP contribution in [0.3, 0.4) is 0 Å². The van der Waals surface area contributed by atoms with Crippen LogP contribution in [-0.4, -0.2) is 12.0 Å². The van der Waals surface area contributed by atoms with Crippen LogP contribution in [-0.2, 0) is 16.1 Å². The number of nitrogens with one attached hydrogen (secondary N) is 1. The second-order valence-electron chi connectivity index (χ2n) is 5.91. The Morgan fingerprint density at radius 2 is 1.84 bits per heavy atom. The molecule has 0 saturated heterocycles. The third-order valence-electron chi connectivity index (χ3n) is 3.85. The zero-order valence-corrected chi connectivity index (χ0v) is 15.0. The van der Waals surface area contributed by atoms with Crippen molar-refractivity contribution in [1.29, 1.82) is 0 Å². The summed E-state index contributed by atoms with van der Waals surface area (Å²) in [5.74, 6) is -0.422. The Morgan fingerprint density at radius 3 is 2.48 bits per heavy atom. The average Bonchev–Trinajstić information content (AvgIpc) is 2.55. The minimum absolute atomic E-state index is 0.0184. The number of hydrogen-bond acceptors (Lipinski definition) is 3. The highest BCUT2D eigenvalue weighted by Crippen LogP contribution is 2.20. The molecule has 0 bridgehead atoms. The Kier molecular flexibility index (Phi) is 6.42. The molecule has 25 heavy (non-hydrogen) atoms. The minimum atomic E-state index is -0.706. The largest absolute Gasteiger partial charge is 0.461 e. The number of urea groups is 1. The quantitative estimate of drug-likeness (QED) is 0.769. The van der Waals surface area contributed by atoms with Crippen molar-refractivity contribution in [3.63, 3.8) is 0 Å². The monoisotopic (exact) mass is 360 g/mol. The van der Waals surface area contributed by atoms with Crippen molar-refractivity contribution in [2.24, 2.45) is 5.73 Å². The van der Waals surface area contributed by atoms with Crippen molar-refractivity contribution >= 4 is 23.6 Å². The summed E-state index contributed by atoms with van der Waals surface area (Å²) in [5.41, 5.74) is 9.06. The summed E-state index contributed by atoms with van der Waals surface area (Å²) >= 11 is 5.87. The van der Waals surface area contributed by atoms with Crippen LogP contribution in [0.2, 0.25) is 5.02 Å². The van der Waals surface area contributed by atoms with Crippen molar-refractivity contribution < 1.29 is 14.3 Å². The van der Waals surface area contributed by atoms with Crippen LogP contribution in [0.5, 0.6) is 0 Å². The van der Waals surface area contributed by atoms with Crippen molar-refractivity contribution in [3.8, 4) is 0 Å². The number of benzene rings is 2. The Hall–Kier alpha value is -2.53. The fourth-order valence-electron chi connectivity index (χ4n) is 2.46. The molecule has 3 N–H and O–H groups in total. The zero-order valence-electron chi connectivity index (χ0n) is 14.2. The summed E-state index contributed by atoms with van der Waals surface area (Å²) in [6.07, 6.45) is -0.0184. The van der Waals surface area contributed by atoms with Gasteiger partial charge in [0.25, 0.3) is 0 Å². The first-order chi connectivity index (χ1) is 11.8. The Balaban J connectivity index is 2.02. The highest BCUT2D eigenvalue weighted by Gasteiger charge is 2.18. The summed E-state index contributed by atoms with van der Waals surface area (Å²) in [6.45, 7) is 4.14. The van der Waals surface area contributed by atoms with Gasteiger partial charge in [-0.3, -0.25) is 4.79 Å². The number of nitrogens with two attached hydrogens (primary N) is 1. The molecule has 2 amide bonds. The lowest BCUT2D eigenvalue weighted by Crippen LogP contribution is -2.34. The van der Waals surface area contributed by atoms with Gasteiger partial charge >= 0.3 is 12.0 Å². The zero-order chi connectivity index (χ0) is 18.4. The Bertz CT molecular complexity index is 760. The number of primary amides is 1. The van der Waals surface area contributed by atoms with Gasteiger partial charge in [0.1, 0.15) is 6.61 Å². The van der Waals surface area contributed by atoms with Crippen molar-refractivity contribution in [2.45, 2.75) is 32.9 Å². The van der Waals surface area contributed by atoms with Gasteiger partial charge < -0.3 is 15.8 Å². The first kappa shape index (κ1) is 18.8. The highest BCUT2D eigenvalue weighted by atomic mass is 35.5. The topological polar surface area (TPSA) is 81.4 Å². The van der Waals surface area contributed by atoms with Crippen LogP contribution in [0.25, 0.3) is 0 Å². The maximum atomic E-state index is 12.2. The molecule has 0 aliphatic rings. The van der Waals surface area contributed by atoms with E-state index in [1.807, 2.05) is 32.0 Å². The number of carbonyl (C=O) groups excluding carboxylic acids is 2. The van der Waals surface area contributed by atoms with Crippen LogP contribution >= 0.6 is 11.6 Å². The lowest BCUT2D eigenvalue weighted by molar-refractivity contribution is -0.145. The van der Waals surface area contributed by atoms with Crippen LogP contribution in [0.15, 0.2) is 42.5 Å². The summed E-state index contributed by atoms with van der Waals surface area (Å²) < 4.78 is 5.36. The van der Waals surface area contributed by atoms with E-state index in [1.165, 1.54) is 0 Å². The van der Waals surface area contributed by atoms with Gasteiger partial charge in [0.15, 0.2) is 0 Å². The summed E-state index contributed by atoms with van der Waals surface area (Å²) in [5, 5.41) is 3.13. The molecule has 0 aliphatic carbocycles. The fraction of sp³-hybridized carbons (Fsp3) is 0.263. The normalized spacial score (nSPS) is 11.6. The van der Waals surface area contributed by atoms with E-state index >= 15 is 0 Å². The van der Waals surface area contributed by atoms with Gasteiger partial charge in [-0.15, -0.1) is 0 Å².